The number of rotatable bonds is 3. The fourth-order valence-corrected chi connectivity index (χ4v) is 1.80. The highest BCUT2D eigenvalue weighted by Crippen LogP contribution is 2.24. The number of nitrogens with two attached hydrogens (primary N) is 1. The number of carbonyl (C=O) groups is 1. The number of anilines is 2. The number of aryl methyl sites for hydroxylation is 1. The van der Waals surface area contributed by atoms with E-state index in [1.54, 1.807) is 18.2 Å². The first-order valence-corrected chi connectivity index (χ1v) is 5.97. The van der Waals surface area contributed by atoms with Crippen molar-refractivity contribution in [1.82, 2.24) is 4.98 Å². The van der Waals surface area contributed by atoms with Crippen LogP contribution in [-0.4, -0.2) is 10.9 Å². The van der Waals surface area contributed by atoms with Crippen molar-refractivity contribution in [3.8, 4) is 0 Å². The Morgan fingerprint density at radius 2 is 2.11 bits per heavy atom. The monoisotopic (exact) mass is 276 g/mol. The van der Waals surface area contributed by atoms with Crippen LogP contribution < -0.4 is 16.6 Å². The van der Waals surface area contributed by atoms with Crippen LogP contribution in [0.4, 0.5) is 11.4 Å². The third kappa shape index (κ3) is 3.01. The largest absolute Gasteiger partial charge is 0.322 e. The average Bonchev–Trinajstić information content (AvgIpc) is 2.42. The zero-order valence-electron chi connectivity index (χ0n) is 10.3. The maximum absolute atomic E-state index is 12.2. The minimum absolute atomic E-state index is 0.303. The number of hydrogen-bond donors (Lipinski definition) is 3. The molecule has 0 spiro atoms. The lowest BCUT2D eigenvalue weighted by Crippen LogP contribution is -2.17. The Bertz CT molecular complexity index is 615. The molecule has 1 amide bonds. The van der Waals surface area contributed by atoms with Gasteiger partial charge >= 0.3 is 0 Å². The van der Waals surface area contributed by atoms with Crippen molar-refractivity contribution in [2.75, 3.05) is 10.7 Å². The molecule has 2 rings (SSSR count). The second-order valence-corrected chi connectivity index (χ2v) is 4.41. The van der Waals surface area contributed by atoms with Crippen LogP contribution >= 0.6 is 11.6 Å². The molecular formula is C13H13ClN4O. The summed E-state index contributed by atoms with van der Waals surface area (Å²) >= 11 is 6.03. The van der Waals surface area contributed by atoms with E-state index in [1.165, 1.54) is 12.4 Å². The summed E-state index contributed by atoms with van der Waals surface area (Å²) in [7, 11) is 0. The number of halogens is 1. The van der Waals surface area contributed by atoms with E-state index < -0.39 is 0 Å². The number of carbonyl (C=O) groups excluding carboxylic acids is 1. The van der Waals surface area contributed by atoms with Gasteiger partial charge < -0.3 is 10.7 Å². The smallest absolute Gasteiger partial charge is 0.257 e. The van der Waals surface area contributed by atoms with Crippen LogP contribution in [0.5, 0.6) is 0 Å². The molecule has 0 atom stereocenters. The number of pyridine rings is 1. The van der Waals surface area contributed by atoms with Crippen molar-refractivity contribution in [2.24, 2.45) is 5.84 Å². The van der Waals surface area contributed by atoms with Gasteiger partial charge in [0.2, 0.25) is 0 Å². The van der Waals surface area contributed by atoms with Gasteiger partial charge in [-0.2, -0.15) is 0 Å². The maximum Gasteiger partial charge on any atom is 0.257 e. The third-order valence-electron chi connectivity index (χ3n) is 2.59. The van der Waals surface area contributed by atoms with Gasteiger partial charge in [-0.1, -0.05) is 17.7 Å². The van der Waals surface area contributed by atoms with Crippen molar-refractivity contribution >= 4 is 28.9 Å². The molecule has 0 aliphatic carbocycles. The Kier molecular flexibility index (Phi) is 3.99. The van der Waals surface area contributed by atoms with E-state index in [1.807, 2.05) is 13.0 Å². The molecule has 1 heterocycles. The second-order valence-electron chi connectivity index (χ2n) is 4.00. The van der Waals surface area contributed by atoms with E-state index in [0.29, 0.717) is 22.0 Å². The molecule has 1 aromatic heterocycles. The van der Waals surface area contributed by atoms with Crippen molar-refractivity contribution in [1.29, 1.82) is 0 Å². The van der Waals surface area contributed by atoms with E-state index in [0.717, 1.165) is 5.56 Å². The van der Waals surface area contributed by atoms with Gasteiger partial charge in [0.25, 0.3) is 5.91 Å². The van der Waals surface area contributed by atoms with Crippen LogP contribution in [0.1, 0.15) is 15.9 Å². The van der Waals surface area contributed by atoms with Crippen LogP contribution in [0.3, 0.4) is 0 Å². The minimum atomic E-state index is -0.303. The lowest BCUT2D eigenvalue weighted by molar-refractivity contribution is 0.102. The van der Waals surface area contributed by atoms with Gasteiger partial charge in [0, 0.05) is 6.20 Å². The second kappa shape index (κ2) is 5.69. The molecule has 0 fully saturated rings. The summed E-state index contributed by atoms with van der Waals surface area (Å²) in [6, 6.07) is 6.99. The Labute approximate surface area is 115 Å². The van der Waals surface area contributed by atoms with E-state index in [-0.39, 0.29) is 5.91 Å². The van der Waals surface area contributed by atoms with Crippen LogP contribution in [0.2, 0.25) is 5.02 Å². The van der Waals surface area contributed by atoms with Crippen molar-refractivity contribution < 1.29 is 4.79 Å². The van der Waals surface area contributed by atoms with Gasteiger partial charge in [-0.15, -0.1) is 0 Å². The Morgan fingerprint density at radius 1 is 1.32 bits per heavy atom. The fraction of sp³-hybridized carbons (Fsp3) is 0.0769. The average molecular weight is 277 g/mol. The molecule has 2 aromatic rings. The summed E-state index contributed by atoms with van der Waals surface area (Å²) in [5.74, 6) is 5.04. The standard InChI is InChI=1S/C13H13ClN4O/c1-8-2-3-10(14)11(6-8)17-13(19)9-4-5-16-7-12(9)18-15/h2-7,18H,15H2,1H3,(H,17,19). The Hall–Kier alpha value is -2.11. The molecule has 0 aliphatic heterocycles. The fourth-order valence-electron chi connectivity index (χ4n) is 1.63. The van der Waals surface area contributed by atoms with Gasteiger partial charge in [0.05, 0.1) is 28.2 Å². The summed E-state index contributed by atoms with van der Waals surface area (Å²) in [5.41, 5.74) is 4.85. The normalized spacial score (nSPS) is 10.1. The van der Waals surface area contributed by atoms with Crippen LogP contribution in [-0.2, 0) is 0 Å². The molecule has 6 heteroatoms. The highest BCUT2D eigenvalue weighted by Gasteiger charge is 2.12. The summed E-state index contributed by atoms with van der Waals surface area (Å²) in [5, 5.41) is 3.23. The minimum Gasteiger partial charge on any atom is -0.322 e. The molecule has 0 saturated heterocycles. The van der Waals surface area contributed by atoms with E-state index in [2.05, 4.69) is 15.7 Å². The molecule has 5 nitrogen and oxygen atoms in total. The highest BCUT2D eigenvalue weighted by atomic mass is 35.5. The SMILES string of the molecule is Cc1ccc(Cl)c(NC(=O)c2ccncc2NN)c1. The first kappa shape index (κ1) is 13.3. The summed E-state index contributed by atoms with van der Waals surface area (Å²) in [6.45, 7) is 1.92. The van der Waals surface area contributed by atoms with E-state index in [4.69, 9.17) is 17.4 Å². The molecule has 0 aliphatic rings. The molecule has 0 saturated carbocycles. The molecule has 0 bridgehead atoms. The van der Waals surface area contributed by atoms with Crippen LogP contribution in [0.15, 0.2) is 36.7 Å². The van der Waals surface area contributed by atoms with Gasteiger partial charge in [0.15, 0.2) is 0 Å². The maximum atomic E-state index is 12.2. The zero-order valence-corrected chi connectivity index (χ0v) is 11.0. The number of nitrogens with one attached hydrogen (secondary N) is 2. The number of nitrogens with zero attached hydrogens (tertiary/aromatic N) is 1. The number of nitrogen functional groups attached to an aromatic ring is 1. The molecule has 98 valence electrons. The third-order valence-corrected chi connectivity index (χ3v) is 2.92. The molecule has 4 N–H and O–H groups in total. The predicted octanol–water partition coefficient (Wildman–Crippen LogP) is 2.58. The van der Waals surface area contributed by atoms with Gasteiger partial charge in [-0.3, -0.25) is 15.6 Å². The zero-order chi connectivity index (χ0) is 13.8. The number of aromatic nitrogens is 1. The lowest BCUT2D eigenvalue weighted by atomic mass is 10.2. The molecule has 19 heavy (non-hydrogen) atoms. The van der Waals surface area contributed by atoms with Gasteiger partial charge in [-0.25, -0.2) is 0 Å². The predicted molar refractivity (Wildman–Crippen MR) is 76.2 cm³/mol. The lowest BCUT2D eigenvalue weighted by Gasteiger charge is -2.10. The van der Waals surface area contributed by atoms with Crippen molar-refractivity contribution in [3.63, 3.8) is 0 Å². The first-order valence-electron chi connectivity index (χ1n) is 5.60. The molecule has 0 unspecified atom stereocenters. The number of hydrazine groups is 1. The first-order chi connectivity index (χ1) is 9.11. The van der Waals surface area contributed by atoms with E-state index >= 15 is 0 Å². The summed E-state index contributed by atoms with van der Waals surface area (Å²) < 4.78 is 0. The Morgan fingerprint density at radius 3 is 2.84 bits per heavy atom. The molecule has 1 aromatic carbocycles. The van der Waals surface area contributed by atoms with Crippen molar-refractivity contribution in [2.45, 2.75) is 6.92 Å². The summed E-state index contributed by atoms with van der Waals surface area (Å²) in [6.07, 6.45) is 3.00. The molecule has 0 radical (unpaired) electrons. The van der Waals surface area contributed by atoms with Gasteiger partial charge in [0.1, 0.15) is 0 Å². The van der Waals surface area contributed by atoms with Crippen LogP contribution in [0.25, 0.3) is 0 Å². The quantitative estimate of drug-likeness (QED) is 0.595. The highest BCUT2D eigenvalue weighted by molar-refractivity contribution is 6.34. The Balaban J connectivity index is 2.28. The van der Waals surface area contributed by atoms with Crippen molar-refractivity contribution in [3.05, 3.63) is 52.8 Å². The number of benzene rings is 1. The topological polar surface area (TPSA) is 80.0 Å². The molecular weight excluding hydrogens is 264 g/mol. The summed E-state index contributed by atoms with van der Waals surface area (Å²) in [4.78, 5) is 16.1. The number of hydrogen-bond acceptors (Lipinski definition) is 4. The van der Waals surface area contributed by atoms with Crippen LogP contribution in [0, 0.1) is 6.92 Å². The van der Waals surface area contributed by atoms with Gasteiger partial charge in [-0.05, 0) is 30.7 Å². The van der Waals surface area contributed by atoms with E-state index in [9.17, 15) is 4.79 Å². The number of amides is 1.